The van der Waals surface area contributed by atoms with E-state index in [1.54, 1.807) is 0 Å². The molecule has 2 heterocycles. The first kappa shape index (κ1) is 12.0. The van der Waals surface area contributed by atoms with E-state index in [0.29, 0.717) is 24.1 Å². The summed E-state index contributed by atoms with van der Waals surface area (Å²) in [5, 5.41) is 9.53. The Morgan fingerprint density at radius 3 is 2.37 bits per heavy atom. The summed E-state index contributed by atoms with van der Waals surface area (Å²) in [6.45, 7) is 1.31. The van der Waals surface area contributed by atoms with Crippen LogP contribution in [0, 0.1) is 0 Å². The average molecular weight is 275 g/mol. The Morgan fingerprint density at radius 1 is 1.16 bits per heavy atom. The van der Waals surface area contributed by atoms with Gasteiger partial charge in [0.15, 0.2) is 0 Å². The summed E-state index contributed by atoms with van der Waals surface area (Å²) in [5.74, 6) is -0.564. The van der Waals surface area contributed by atoms with Crippen molar-refractivity contribution < 1.29 is 9.90 Å². The fourth-order valence-corrected chi connectivity index (χ4v) is 2.46. The van der Waals surface area contributed by atoms with Crippen LogP contribution in [0.25, 0.3) is 0 Å². The van der Waals surface area contributed by atoms with Crippen LogP contribution in [0.3, 0.4) is 0 Å². The van der Waals surface area contributed by atoms with E-state index < -0.39 is 5.97 Å². The first-order valence-corrected chi connectivity index (χ1v) is 6.24. The van der Waals surface area contributed by atoms with Gasteiger partial charge in [-0.05, 0) is 23.3 Å². The third-order valence-corrected chi connectivity index (χ3v) is 3.42. The van der Waals surface area contributed by atoms with E-state index in [9.17, 15) is 9.90 Å². The second kappa shape index (κ2) is 4.55. The molecule has 4 nitrogen and oxygen atoms in total. The molecule has 0 amide bonds. The van der Waals surface area contributed by atoms with Crippen LogP contribution in [0.5, 0.6) is 0 Å². The highest BCUT2D eigenvalue weighted by Crippen LogP contribution is 2.30. The SMILES string of the molecule is O=C(O)c1ccc(Cl)nc1N1Cc2ccccc2C1. The minimum Gasteiger partial charge on any atom is -0.478 e. The molecule has 3 rings (SSSR count). The lowest BCUT2D eigenvalue weighted by Gasteiger charge is -2.18. The third-order valence-electron chi connectivity index (χ3n) is 3.21. The summed E-state index contributed by atoms with van der Waals surface area (Å²) in [7, 11) is 0. The average Bonchev–Trinajstić information content (AvgIpc) is 2.81. The quantitative estimate of drug-likeness (QED) is 0.856. The van der Waals surface area contributed by atoms with Crippen molar-refractivity contribution in [3.8, 4) is 0 Å². The van der Waals surface area contributed by atoms with Gasteiger partial charge in [0.1, 0.15) is 16.5 Å². The number of aromatic carboxylic acids is 1. The smallest absolute Gasteiger partial charge is 0.339 e. The molecule has 19 heavy (non-hydrogen) atoms. The predicted molar refractivity (Wildman–Crippen MR) is 72.5 cm³/mol. The van der Waals surface area contributed by atoms with Crippen LogP contribution in [0.2, 0.25) is 5.15 Å². The van der Waals surface area contributed by atoms with Gasteiger partial charge in [0.25, 0.3) is 0 Å². The van der Waals surface area contributed by atoms with Gasteiger partial charge in [0.05, 0.1) is 0 Å². The summed E-state index contributed by atoms with van der Waals surface area (Å²) in [6, 6.07) is 11.0. The first-order chi connectivity index (χ1) is 9.15. The van der Waals surface area contributed by atoms with E-state index in [1.165, 1.54) is 23.3 Å². The monoisotopic (exact) mass is 274 g/mol. The number of anilines is 1. The highest BCUT2D eigenvalue weighted by molar-refractivity contribution is 6.29. The zero-order chi connectivity index (χ0) is 13.4. The molecule has 0 atom stereocenters. The lowest BCUT2D eigenvalue weighted by Crippen LogP contribution is -2.19. The molecule has 5 heteroatoms. The zero-order valence-electron chi connectivity index (χ0n) is 10.0. The normalized spacial score (nSPS) is 13.4. The van der Waals surface area contributed by atoms with Crippen molar-refractivity contribution in [3.63, 3.8) is 0 Å². The van der Waals surface area contributed by atoms with E-state index in [2.05, 4.69) is 4.98 Å². The Kier molecular flexibility index (Phi) is 2.87. The second-order valence-electron chi connectivity index (χ2n) is 4.44. The van der Waals surface area contributed by atoms with Crippen molar-refractivity contribution in [2.45, 2.75) is 13.1 Å². The second-order valence-corrected chi connectivity index (χ2v) is 4.82. The minimum atomic E-state index is -0.991. The number of carbonyl (C=O) groups is 1. The Bertz CT molecular complexity index is 633. The lowest BCUT2D eigenvalue weighted by atomic mass is 10.1. The number of aromatic nitrogens is 1. The van der Waals surface area contributed by atoms with Crippen LogP contribution < -0.4 is 4.90 Å². The molecule has 0 aliphatic carbocycles. The Morgan fingerprint density at radius 2 is 1.79 bits per heavy atom. The molecule has 1 aliphatic rings. The maximum atomic E-state index is 11.3. The number of pyridine rings is 1. The largest absolute Gasteiger partial charge is 0.478 e. The molecule has 1 aromatic heterocycles. The van der Waals surface area contributed by atoms with E-state index >= 15 is 0 Å². The summed E-state index contributed by atoms with van der Waals surface area (Å²) in [5.41, 5.74) is 2.57. The van der Waals surface area contributed by atoms with Gasteiger partial charge in [-0.25, -0.2) is 9.78 Å². The molecule has 0 unspecified atom stereocenters. The molecular weight excluding hydrogens is 264 g/mol. The number of carboxylic acid groups (broad SMARTS) is 1. The summed E-state index contributed by atoms with van der Waals surface area (Å²) in [6.07, 6.45) is 0. The van der Waals surface area contributed by atoms with Crippen LogP contribution in [-0.4, -0.2) is 16.1 Å². The van der Waals surface area contributed by atoms with Gasteiger partial charge in [0, 0.05) is 13.1 Å². The Hall–Kier alpha value is -2.07. The number of benzene rings is 1. The van der Waals surface area contributed by atoms with Crippen molar-refractivity contribution >= 4 is 23.4 Å². The molecule has 96 valence electrons. The number of hydrogen-bond acceptors (Lipinski definition) is 3. The van der Waals surface area contributed by atoms with Gasteiger partial charge in [-0.1, -0.05) is 35.9 Å². The van der Waals surface area contributed by atoms with Crippen LogP contribution in [0.1, 0.15) is 21.5 Å². The van der Waals surface area contributed by atoms with E-state index in [-0.39, 0.29) is 5.56 Å². The fourth-order valence-electron chi connectivity index (χ4n) is 2.32. The molecule has 2 aromatic rings. The molecule has 0 saturated carbocycles. The molecule has 0 fully saturated rings. The van der Waals surface area contributed by atoms with Crippen molar-refractivity contribution in [2.75, 3.05) is 4.90 Å². The topological polar surface area (TPSA) is 53.4 Å². The Balaban J connectivity index is 2.01. The maximum absolute atomic E-state index is 11.3. The zero-order valence-corrected chi connectivity index (χ0v) is 10.8. The van der Waals surface area contributed by atoms with Crippen molar-refractivity contribution in [1.29, 1.82) is 0 Å². The molecule has 0 bridgehead atoms. The van der Waals surface area contributed by atoms with Gasteiger partial charge in [-0.3, -0.25) is 0 Å². The summed E-state index contributed by atoms with van der Waals surface area (Å²) < 4.78 is 0. The summed E-state index contributed by atoms with van der Waals surface area (Å²) in [4.78, 5) is 17.4. The fraction of sp³-hybridized carbons (Fsp3) is 0.143. The number of halogens is 1. The molecule has 0 spiro atoms. The van der Waals surface area contributed by atoms with Gasteiger partial charge in [-0.2, -0.15) is 0 Å². The standard InChI is InChI=1S/C14H11ClN2O2/c15-12-6-5-11(14(18)19)13(16-12)17-7-9-3-1-2-4-10(9)8-17/h1-6H,7-8H2,(H,18,19). The predicted octanol–water partition coefficient (Wildman–Crippen LogP) is 2.95. The highest BCUT2D eigenvalue weighted by Gasteiger charge is 2.24. The lowest BCUT2D eigenvalue weighted by molar-refractivity contribution is 0.0697. The van der Waals surface area contributed by atoms with Crippen molar-refractivity contribution in [1.82, 2.24) is 4.98 Å². The van der Waals surface area contributed by atoms with E-state index in [4.69, 9.17) is 11.6 Å². The van der Waals surface area contributed by atoms with Crippen molar-refractivity contribution in [2.24, 2.45) is 0 Å². The van der Waals surface area contributed by atoms with Gasteiger partial charge >= 0.3 is 5.97 Å². The summed E-state index contributed by atoms with van der Waals surface area (Å²) >= 11 is 5.88. The number of rotatable bonds is 2. The number of fused-ring (bicyclic) bond motifs is 1. The molecule has 1 aliphatic heterocycles. The molecule has 0 radical (unpaired) electrons. The maximum Gasteiger partial charge on any atom is 0.339 e. The number of carboxylic acids is 1. The van der Waals surface area contributed by atoms with Crippen molar-refractivity contribution in [3.05, 3.63) is 58.2 Å². The number of hydrogen-bond donors (Lipinski definition) is 1. The van der Waals surface area contributed by atoms with Gasteiger partial charge in [0.2, 0.25) is 0 Å². The highest BCUT2D eigenvalue weighted by atomic mass is 35.5. The van der Waals surface area contributed by atoms with Crippen LogP contribution in [0.4, 0.5) is 5.82 Å². The van der Waals surface area contributed by atoms with Gasteiger partial charge < -0.3 is 10.0 Å². The van der Waals surface area contributed by atoms with E-state index in [1.807, 2.05) is 29.2 Å². The Labute approximate surface area is 115 Å². The minimum absolute atomic E-state index is 0.178. The van der Waals surface area contributed by atoms with Crippen LogP contribution >= 0.6 is 11.6 Å². The first-order valence-electron chi connectivity index (χ1n) is 5.87. The molecule has 0 saturated heterocycles. The molecule has 1 aromatic carbocycles. The van der Waals surface area contributed by atoms with Crippen LogP contribution in [-0.2, 0) is 13.1 Å². The molecular formula is C14H11ClN2O2. The van der Waals surface area contributed by atoms with E-state index in [0.717, 1.165) is 0 Å². The number of nitrogens with zero attached hydrogens (tertiary/aromatic N) is 2. The van der Waals surface area contributed by atoms with Crippen LogP contribution in [0.15, 0.2) is 36.4 Å². The molecule has 1 N–H and O–H groups in total. The van der Waals surface area contributed by atoms with Gasteiger partial charge in [-0.15, -0.1) is 0 Å². The third kappa shape index (κ3) is 2.15.